The van der Waals surface area contributed by atoms with E-state index in [-0.39, 0.29) is 12.3 Å². The predicted molar refractivity (Wildman–Crippen MR) is 117 cm³/mol. The minimum absolute atomic E-state index is 0.116. The highest BCUT2D eigenvalue weighted by Gasteiger charge is 2.27. The number of amides is 2. The molecule has 0 saturated heterocycles. The molecule has 7 nitrogen and oxygen atoms in total. The zero-order valence-electron chi connectivity index (χ0n) is 17.8. The van der Waals surface area contributed by atoms with Gasteiger partial charge in [0.2, 0.25) is 11.8 Å². The third kappa shape index (κ3) is 5.12. The van der Waals surface area contributed by atoms with Gasteiger partial charge in [0.25, 0.3) is 0 Å². The number of rotatable bonds is 8. The zero-order valence-corrected chi connectivity index (χ0v) is 17.8. The molecule has 1 aliphatic rings. The van der Waals surface area contributed by atoms with Crippen LogP contribution in [-0.4, -0.2) is 42.1 Å². The maximum Gasteiger partial charge on any atom is 0.326 e. The van der Waals surface area contributed by atoms with Gasteiger partial charge in [-0.1, -0.05) is 36.4 Å². The number of methoxy groups -OCH3 is 1. The monoisotopic (exact) mass is 422 g/mol. The van der Waals surface area contributed by atoms with Gasteiger partial charge in [-0.15, -0.1) is 0 Å². The van der Waals surface area contributed by atoms with Crippen LogP contribution >= 0.6 is 0 Å². The van der Waals surface area contributed by atoms with E-state index in [4.69, 9.17) is 4.74 Å². The zero-order chi connectivity index (χ0) is 22.5. The SMILES string of the molecule is COc1ccc(C[C@H](NC(=O)[C@@H](C)NC(=O)C2=C(C)c3ccccc3C2)C(=O)O)cc1. The second-order valence-corrected chi connectivity index (χ2v) is 7.58. The Morgan fingerprint density at radius 3 is 2.35 bits per heavy atom. The lowest BCUT2D eigenvalue weighted by Gasteiger charge is -2.19. The molecule has 0 unspecified atom stereocenters. The van der Waals surface area contributed by atoms with Crippen molar-refractivity contribution >= 4 is 23.4 Å². The molecular formula is C24H26N2O5. The summed E-state index contributed by atoms with van der Waals surface area (Å²) in [6.07, 6.45) is 0.628. The average Bonchev–Trinajstić information content (AvgIpc) is 3.10. The number of fused-ring (bicyclic) bond motifs is 1. The highest BCUT2D eigenvalue weighted by Crippen LogP contribution is 2.32. The van der Waals surface area contributed by atoms with E-state index in [1.807, 2.05) is 31.2 Å². The van der Waals surface area contributed by atoms with Gasteiger partial charge in [0, 0.05) is 18.4 Å². The summed E-state index contributed by atoms with van der Waals surface area (Å²) in [5, 5.41) is 14.7. The number of benzene rings is 2. The number of aliphatic carboxylic acids is 1. The standard InChI is InChI=1S/C24H26N2O5/c1-14-19-7-5-4-6-17(19)13-20(14)23(28)25-15(2)22(27)26-21(24(29)30)12-16-8-10-18(31-3)11-9-16/h4-11,15,21H,12-13H2,1-3H3,(H,25,28)(H,26,27)(H,29,30)/t15-,21+/m1/s1. The summed E-state index contributed by atoms with van der Waals surface area (Å²) < 4.78 is 5.09. The summed E-state index contributed by atoms with van der Waals surface area (Å²) in [5.41, 5.74) is 4.37. The van der Waals surface area contributed by atoms with Crippen LogP contribution in [-0.2, 0) is 27.2 Å². The van der Waals surface area contributed by atoms with Crippen molar-refractivity contribution in [3.63, 3.8) is 0 Å². The molecule has 0 fully saturated rings. The molecule has 0 radical (unpaired) electrons. The molecule has 31 heavy (non-hydrogen) atoms. The lowest BCUT2D eigenvalue weighted by atomic mass is 10.1. The summed E-state index contributed by atoms with van der Waals surface area (Å²) in [6, 6.07) is 12.8. The smallest absolute Gasteiger partial charge is 0.326 e. The Bertz CT molecular complexity index is 1030. The Morgan fingerprint density at radius 1 is 1.06 bits per heavy atom. The van der Waals surface area contributed by atoms with E-state index >= 15 is 0 Å². The minimum Gasteiger partial charge on any atom is -0.497 e. The number of nitrogens with one attached hydrogen (secondary N) is 2. The fourth-order valence-electron chi connectivity index (χ4n) is 3.62. The van der Waals surface area contributed by atoms with E-state index in [2.05, 4.69) is 10.6 Å². The van der Waals surface area contributed by atoms with Crippen LogP contribution in [0.2, 0.25) is 0 Å². The quantitative estimate of drug-likeness (QED) is 0.606. The van der Waals surface area contributed by atoms with E-state index in [0.29, 0.717) is 17.7 Å². The molecule has 162 valence electrons. The third-order valence-corrected chi connectivity index (χ3v) is 5.47. The summed E-state index contributed by atoms with van der Waals surface area (Å²) in [7, 11) is 1.55. The summed E-state index contributed by atoms with van der Waals surface area (Å²) >= 11 is 0. The van der Waals surface area contributed by atoms with E-state index in [1.165, 1.54) is 6.92 Å². The molecule has 7 heteroatoms. The van der Waals surface area contributed by atoms with Crippen LogP contribution in [0.5, 0.6) is 5.75 Å². The Morgan fingerprint density at radius 2 is 1.74 bits per heavy atom. The Labute approximate surface area is 181 Å². The van der Waals surface area contributed by atoms with Crippen LogP contribution < -0.4 is 15.4 Å². The van der Waals surface area contributed by atoms with Gasteiger partial charge in [-0.05, 0) is 48.2 Å². The van der Waals surface area contributed by atoms with Crippen LogP contribution in [0.25, 0.3) is 5.57 Å². The van der Waals surface area contributed by atoms with Gasteiger partial charge in [-0.25, -0.2) is 4.79 Å². The van der Waals surface area contributed by atoms with Gasteiger partial charge < -0.3 is 20.5 Å². The number of hydrogen-bond donors (Lipinski definition) is 3. The Hall–Kier alpha value is -3.61. The molecule has 0 aromatic heterocycles. The van der Waals surface area contributed by atoms with Crippen molar-refractivity contribution in [2.24, 2.45) is 0 Å². The molecule has 0 saturated carbocycles. The largest absolute Gasteiger partial charge is 0.497 e. The van der Waals surface area contributed by atoms with Crippen LogP contribution in [0.1, 0.15) is 30.5 Å². The first-order valence-electron chi connectivity index (χ1n) is 10.0. The van der Waals surface area contributed by atoms with E-state index in [9.17, 15) is 19.5 Å². The first-order chi connectivity index (χ1) is 14.8. The van der Waals surface area contributed by atoms with Crippen molar-refractivity contribution in [3.05, 3.63) is 70.8 Å². The van der Waals surface area contributed by atoms with Crippen LogP contribution in [0.15, 0.2) is 54.1 Å². The molecule has 0 aliphatic heterocycles. The van der Waals surface area contributed by atoms with Crippen LogP contribution in [0.4, 0.5) is 0 Å². The molecule has 3 N–H and O–H groups in total. The normalized spacial score (nSPS) is 14.4. The number of ether oxygens (including phenoxy) is 1. The van der Waals surface area contributed by atoms with Crippen LogP contribution in [0.3, 0.4) is 0 Å². The molecule has 3 rings (SSSR count). The predicted octanol–water partition coefficient (Wildman–Crippen LogP) is 2.34. The number of carboxylic acids is 1. The molecular weight excluding hydrogens is 396 g/mol. The summed E-state index contributed by atoms with van der Waals surface area (Å²) in [4.78, 5) is 37.0. The maximum atomic E-state index is 12.7. The highest BCUT2D eigenvalue weighted by atomic mass is 16.5. The van der Waals surface area contributed by atoms with Crippen molar-refractivity contribution in [1.29, 1.82) is 0 Å². The van der Waals surface area contributed by atoms with Gasteiger partial charge in [0.1, 0.15) is 17.8 Å². The van der Waals surface area contributed by atoms with Crippen molar-refractivity contribution in [2.75, 3.05) is 7.11 Å². The molecule has 0 bridgehead atoms. The molecule has 1 aliphatic carbocycles. The Kier molecular flexibility index (Phi) is 6.74. The topological polar surface area (TPSA) is 105 Å². The van der Waals surface area contributed by atoms with Gasteiger partial charge in [-0.2, -0.15) is 0 Å². The van der Waals surface area contributed by atoms with Crippen molar-refractivity contribution in [1.82, 2.24) is 10.6 Å². The number of carbonyl (C=O) groups is 3. The molecule has 2 aromatic carbocycles. The second kappa shape index (κ2) is 9.47. The van der Waals surface area contributed by atoms with E-state index < -0.39 is 24.0 Å². The maximum absolute atomic E-state index is 12.7. The van der Waals surface area contributed by atoms with Crippen LogP contribution in [0, 0.1) is 0 Å². The van der Waals surface area contributed by atoms with Crippen molar-refractivity contribution in [2.45, 2.75) is 38.8 Å². The molecule has 2 aromatic rings. The molecule has 2 atom stereocenters. The van der Waals surface area contributed by atoms with Crippen molar-refractivity contribution in [3.8, 4) is 5.75 Å². The van der Waals surface area contributed by atoms with Crippen molar-refractivity contribution < 1.29 is 24.2 Å². The molecule has 0 heterocycles. The third-order valence-electron chi connectivity index (χ3n) is 5.47. The van der Waals surface area contributed by atoms with Gasteiger partial charge >= 0.3 is 5.97 Å². The first-order valence-corrected chi connectivity index (χ1v) is 10.0. The van der Waals surface area contributed by atoms with Gasteiger partial charge in [0.15, 0.2) is 0 Å². The van der Waals surface area contributed by atoms with Gasteiger partial charge in [-0.3, -0.25) is 9.59 Å². The molecule has 2 amide bonds. The first kappa shape index (κ1) is 22.1. The van der Waals surface area contributed by atoms with Gasteiger partial charge in [0.05, 0.1) is 7.11 Å². The highest BCUT2D eigenvalue weighted by molar-refractivity contribution is 6.05. The Balaban J connectivity index is 1.61. The molecule has 0 spiro atoms. The number of carboxylic acid groups (broad SMARTS) is 1. The summed E-state index contributed by atoms with van der Waals surface area (Å²) in [5.74, 6) is -1.36. The summed E-state index contributed by atoms with van der Waals surface area (Å²) in [6.45, 7) is 3.43. The van der Waals surface area contributed by atoms with E-state index in [1.54, 1.807) is 31.4 Å². The lowest BCUT2D eigenvalue weighted by Crippen LogP contribution is -2.51. The fourth-order valence-corrected chi connectivity index (χ4v) is 3.62. The van der Waals surface area contributed by atoms with E-state index in [0.717, 1.165) is 22.3 Å². The number of hydrogen-bond acceptors (Lipinski definition) is 4. The second-order valence-electron chi connectivity index (χ2n) is 7.58. The number of carbonyl (C=O) groups excluding carboxylic acids is 2. The average molecular weight is 422 g/mol. The number of allylic oxidation sites excluding steroid dienone is 1. The lowest BCUT2D eigenvalue weighted by molar-refractivity contribution is -0.142. The fraction of sp³-hybridized carbons (Fsp3) is 0.292. The minimum atomic E-state index is -1.15.